The molecule has 23 heavy (non-hydrogen) atoms. The van der Waals surface area contributed by atoms with Crippen molar-refractivity contribution in [2.24, 2.45) is 0 Å². The Morgan fingerprint density at radius 3 is 2.78 bits per heavy atom. The Hall–Kier alpha value is -2.84. The van der Waals surface area contributed by atoms with E-state index in [1.807, 2.05) is 10.9 Å². The van der Waals surface area contributed by atoms with Crippen molar-refractivity contribution in [1.29, 1.82) is 0 Å². The summed E-state index contributed by atoms with van der Waals surface area (Å²) in [6.07, 6.45) is 6.70. The first kappa shape index (κ1) is 13.8. The first-order chi connectivity index (χ1) is 11.1. The second kappa shape index (κ2) is 5.11. The highest BCUT2D eigenvalue weighted by atomic mass is 16.2. The molecule has 0 spiro atoms. The van der Waals surface area contributed by atoms with Crippen LogP contribution in [0.4, 0.5) is 10.5 Å². The van der Waals surface area contributed by atoms with E-state index in [0.29, 0.717) is 25.2 Å². The number of likely N-dealkylation sites (tertiary alicyclic amines) is 1. The number of carbonyl (C=O) groups is 2. The molecule has 0 bridgehead atoms. The molecule has 2 aliphatic rings. The molecule has 0 atom stereocenters. The highest BCUT2D eigenvalue weighted by Crippen LogP contribution is 2.26. The summed E-state index contributed by atoms with van der Waals surface area (Å²) in [6, 6.07) is 0.143. The van der Waals surface area contributed by atoms with Crippen LogP contribution in [0, 0.1) is 0 Å². The number of hydrogen-bond donors (Lipinski definition) is 1. The number of amides is 3. The van der Waals surface area contributed by atoms with Crippen LogP contribution in [0.3, 0.4) is 0 Å². The van der Waals surface area contributed by atoms with Gasteiger partial charge in [-0.15, -0.1) is 0 Å². The summed E-state index contributed by atoms with van der Waals surface area (Å²) < 4.78 is 1.83. The number of rotatable bonds is 3. The lowest BCUT2D eigenvalue weighted by atomic mass is 10.1. The minimum Gasteiger partial charge on any atom is -0.334 e. The molecule has 4 rings (SSSR count). The second-order valence-electron chi connectivity index (χ2n) is 5.89. The molecule has 0 aromatic carbocycles. The topological polar surface area (TPSA) is 90.4 Å². The van der Waals surface area contributed by atoms with Crippen LogP contribution in [-0.2, 0) is 0 Å². The Balaban J connectivity index is 1.40. The van der Waals surface area contributed by atoms with Gasteiger partial charge in [-0.05, 0) is 0 Å². The Morgan fingerprint density at radius 2 is 2.13 bits per heavy atom. The van der Waals surface area contributed by atoms with E-state index in [1.165, 1.54) is 6.20 Å². The van der Waals surface area contributed by atoms with E-state index in [2.05, 4.69) is 15.3 Å². The van der Waals surface area contributed by atoms with Gasteiger partial charge in [-0.25, -0.2) is 4.79 Å². The Kier molecular flexibility index (Phi) is 3.07. The van der Waals surface area contributed by atoms with Crippen LogP contribution >= 0.6 is 0 Å². The Bertz CT molecular complexity index is 732. The van der Waals surface area contributed by atoms with Crippen molar-refractivity contribution in [3.63, 3.8) is 0 Å². The third kappa shape index (κ3) is 2.24. The van der Waals surface area contributed by atoms with E-state index in [-0.39, 0.29) is 18.0 Å². The zero-order valence-electron chi connectivity index (χ0n) is 12.7. The molecule has 0 radical (unpaired) electrons. The van der Waals surface area contributed by atoms with Crippen LogP contribution in [0.2, 0.25) is 0 Å². The van der Waals surface area contributed by atoms with E-state index < -0.39 is 0 Å². The summed E-state index contributed by atoms with van der Waals surface area (Å²) in [5.41, 5.74) is 1.37. The standard InChI is InChI=1S/C14H17N7O2/c1-18-2-3-20(14(18)23)11-6-17-21(9-11)12-7-19(8-12)13(22)10-4-15-16-5-10/h4-6,9,12H,2-3,7-8H2,1H3,(H,15,16). The van der Waals surface area contributed by atoms with Crippen LogP contribution in [0.5, 0.6) is 0 Å². The number of aromatic nitrogens is 4. The fourth-order valence-electron chi connectivity index (χ4n) is 2.89. The molecular formula is C14H17N7O2. The molecule has 120 valence electrons. The molecule has 0 aliphatic carbocycles. The number of hydrogen-bond acceptors (Lipinski definition) is 4. The molecule has 0 unspecified atom stereocenters. The maximum atomic E-state index is 12.1. The Morgan fingerprint density at radius 1 is 1.30 bits per heavy atom. The summed E-state index contributed by atoms with van der Waals surface area (Å²) in [4.78, 5) is 29.3. The fraction of sp³-hybridized carbons (Fsp3) is 0.429. The van der Waals surface area contributed by atoms with Crippen LogP contribution < -0.4 is 4.90 Å². The highest BCUT2D eigenvalue weighted by molar-refractivity contribution is 5.94. The maximum absolute atomic E-state index is 12.1. The van der Waals surface area contributed by atoms with Gasteiger partial charge in [-0.3, -0.25) is 19.5 Å². The molecule has 1 N–H and O–H groups in total. The predicted molar refractivity (Wildman–Crippen MR) is 81.1 cm³/mol. The summed E-state index contributed by atoms with van der Waals surface area (Å²) in [5, 5.41) is 10.8. The van der Waals surface area contributed by atoms with Crippen molar-refractivity contribution >= 4 is 17.6 Å². The average Bonchev–Trinajstić information content (AvgIpc) is 3.20. The van der Waals surface area contributed by atoms with Gasteiger partial charge in [0.15, 0.2) is 0 Å². The van der Waals surface area contributed by atoms with Crippen LogP contribution in [-0.4, -0.2) is 74.9 Å². The lowest BCUT2D eigenvalue weighted by molar-refractivity contribution is 0.0502. The van der Waals surface area contributed by atoms with Crippen molar-refractivity contribution < 1.29 is 9.59 Å². The molecule has 2 aromatic rings. The van der Waals surface area contributed by atoms with Crippen LogP contribution in [0.1, 0.15) is 16.4 Å². The van der Waals surface area contributed by atoms with Gasteiger partial charge < -0.3 is 9.80 Å². The largest absolute Gasteiger partial charge is 0.334 e. The van der Waals surface area contributed by atoms with Gasteiger partial charge in [0.25, 0.3) is 5.91 Å². The molecule has 4 heterocycles. The first-order valence-electron chi connectivity index (χ1n) is 7.48. The normalized spacial score (nSPS) is 18.7. The third-order valence-electron chi connectivity index (χ3n) is 4.38. The van der Waals surface area contributed by atoms with Crippen molar-refractivity contribution in [2.45, 2.75) is 6.04 Å². The quantitative estimate of drug-likeness (QED) is 0.874. The molecule has 9 heteroatoms. The highest BCUT2D eigenvalue weighted by Gasteiger charge is 2.34. The molecular weight excluding hydrogens is 298 g/mol. The van der Waals surface area contributed by atoms with E-state index in [1.54, 1.807) is 34.1 Å². The van der Waals surface area contributed by atoms with Gasteiger partial charge in [0.1, 0.15) is 0 Å². The molecule has 3 amide bonds. The molecule has 0 saturated carbocycles. The number of likely N-dealkylation sites (N-methyl/N-ethyl adjacent to an activating group) is 1. The zero-order valence-corrected chi connectivity index (χ0v) is 12.7. The van der Waals surface area contributed by atoms with E-state index in [0.717, 1.165) is 12.2 Å². The van der Waals surface area contributed by atoms with Gasteiger partial charge in [0.2, 0.25) is 0 Å². The minimum absolute atomic E-state index is 0.00470. The van der Waals surface area contributed by atoms with Crippen LogP contribution in [0.25, 0.3) is 0 Å². The lowest BCUT2D eigenvalue weighted by Gasteiger charge is -2.38. The monoisotopic (exact) mass is 315 g/mol. The maximum Gasteiger partial charge on any atom is 0.324 e. The number of urea groups is 1. The predicted octanol–water partition coefficient (Wildman–Crippen LogP) is 0.175. The number of H-pyrrole nitrogens is 1. The number of nitrogens with zero attached hydrogens (tertiary/aromatic N) is 6. The molecule has 2 aromatic heterocycles. The number of anilines is 1. The van der Waals surface area contributed by atoms with Gasteiger partial charge in [0, 0.05) is 45.6 Å². The number of carbonyl (C=O) groups excluding carboxylic acids is 2. The first-order valence-corrected chi connectivity index (χ1v) is 7.48. The van der Waals surface area contributed by atoms with E-state index in [4.69, 9.17) is 0 Å². The van der Waals surface area contributed by atoms with E-state index >= 15 is 0 Å². The van der Waals surface area contributed by atoms with Gasteiger partial charge in [-0.2, -0.15) is 10.2 Å². The smallest absolute Gasteiger partial charge is 0.324 e. The van der Waals surface area contributed by atoms with Gasteiger partial charge in [-0.1, -0.05) is 0 Å². The third-order valence-corrected chi connectivity index (χ3v) is 4.38. The molecule has 2 aliphatic heterocycles. The zero-order chi connectivity index (χ0) is 16.0. The fourth-order valence-corrected chi connectivity index (χ4v) is 2.89. The second-order valence-corrected chi connectivity index (χ2v) is 5.89. The summed E-state index contributed by atoms with van der Waals surface area (Å²) in [6.45, 7) is 2.62. The van der Waals surface area contributed by atoms with Gasteiger partial charge in [0.05, 0.1) is 29.7 Å². The van der Waals surface area contributed by atoms with Crippen molar-refractivity contribution in [3.05, 3.63) is 30.4 Å². The number of aromatic amines is 1. The van der Waals surface area contributed by atoms with Crippen molar-refractivity contribution in [2.75, 3.05) is 38.1 Å². The number of nitrogens with one attached hydrogen (secondary N) is 1. The molecule has 2 fully saturated rings. The molecule has 2 saturated heterocycles. The SMILES string of the molecule is CN1CCN(c2cnn(C3CN(C(=O)c4cn[nH]c4)C3)c2)C1=O. The van der Waals surface area contributed by atoms with Crippen molar-refractivity contribution in [3.8, 4) is 0 Å². The van der Waals surface area contributed by atoms with Gasteiger partial charge >= 0.3 is 6.03 Å². The van der Waals surface area contributed by atoms with Crippen LogP contribution in [0.15, 0.2) is 24.8 Å². The average molecular weight is 315 g/mol. The Labute approximate surface area is 132 Å². The molecule has 9 nitrogen and oxygen atoms in total. The summed E-state index contributed by atoms with van der Waals surface area (Å²) >= 11 is 0. The van der Waals surface area contributed by atoms with Crippen molar-refractivity contribution in [1.82, 2.24) is 29.8 Å². The van der Waals surface area contributed by atoms with E-state index in [9.17, 15) is 9.59 Å². The summed E-state index contributed by atoms with van der Waals surface area (Å²) in [5.74, 6) is -0.0290. The minimum atomic E-state index is -0.0290. The lowest BCUT2D eigenvalue weighted by Crippen LogP contribution is -2.50. The summed E-state index contributed by atoms with van der Waals surface area (Å²) in [7, 11) is 1.79.